The van der Waals surface area contributed by atoms with Crippen LogP contribution in [0.25, 0.3) is 0 Å². The van der Waals surface area contributed by atoms with E-state index in [9.17, 15) is 10.1 Å². The number of nitrogens with zero attached hydrogens (tertiary/aromatic N) is 1. The third kappa shape index (κ3) is 4.80. The Morgan fingerprint density at radius 3 is 2.22 bits per heavy atom. The Balaban J connectivity index is 3.50. The molecule has 0 saturated carbocycles. The molecule has 0 radical (unpaired) electrons. The minimum absolute atomic E-state index is 0.0625. The molecule has 0 aliphatic heterocycles. The highest BCUT2D eigenvalue weighted by Crippen LogP contribution is 2.14. The normalized spacial score (nSPS) is 13.8. The van der Waals surface area contributed by atoms with Crippen LogP contribution in [-0.2, 0) is 0 Å². The third-order valence-corrected chi connectivity index (χ3v) is 1.38. The van der Waals surface area contributed by atoms with Crippen molar-refractivity contribution >= 4 is 31.9 Å². The van der Waals surface area contributed by atoms with E-state index in [2.05, 4.69) is 31.9 Å². The SMILES string of the molecule is O=[N+]([O-])C(O)CC(Br)Br. The zero-order valence-corrected chi connectivity index (χ0v) is 7.50. The van der Waals surface area contributed by atoms with Crippen molar-refractivity contribution in [3.63, 3.8) is 0 Å². The number of hydrogen-bond donors (Lipinski definition) is 1. The van der Waals surface area contributed by atoms with E-state index in [0.29, 0.717) is 0 Å². The van der Waals surface area contributed by atoms with Crippen LogP contribution in [-0.4, -0.2) is 20.0 Å². The first-order valence-electron chi connectivity index (χ1n) is 2.13. The molecular weight excluding hydrogens is 258 g/mol. The van der Waals surface area contributed by atoms with Crippen LogP contribution < -0.4 is 0 Å². The van der Waals surface area contributed by atoms with Crippen LogP contribution >= 0.6 is 31.9 Å². The first-order chi connectivity index (χ1) is 4.04. The Morgan fingerprint density at radius 2 is 2.11 bits per heavy atom. The van der Waals surface area contributed by atoms with Crippen LogP contribution in [0.3, 0.4) is 0 Å². The number of aliphatic hydroxyl groups is 1. The molecule has 0 heterocycles. The predicted octanol–water partition coefficient (Wildman–Crippen LogP) is 1.09. The highest BCUT2D eigenvalue weighted by Gasteiger charge is 2.17. The van der Waals surface area contributed by atoms with Crippen LogP contribution in [0, 0.1) is 10.1 Å². The Hall–Kier alpha value is 0.320. The second-order valence-corrected chi connectivity index (χ2v) is 4.83. The van der Waals surface area contributed by atoms with Crippen LogP contribution in [0.2, 0.25) is 0 Å². The number of nitro groups is 1. The molecular formula is C3H5Br2NO3. The quantitative estimate of drug-likeness (QED) is 0.358. The molecule has 0 spiro atoms. The van der Waals surface area contributed by atoms with Gasteiger partial charge in [-0.25, -0.2) is 0 Å². The molecule has 0 aromatic rings. The summed E-state index contributed by atoms with van der Waals surface area (Å²) in [5.74, 6) is 0. The van der Waals surface area contributed by atoms with Gasteiger partial charge in [0.05, 0.1) is 15.1 Å². The topological polar surface area (TPSA) is 63.4 Å². The fraction of sp³-hybridized carbons (Fsp3) is 1.00. The second kappa shape index (κ2) is 4.19. The van der Waals surface area contributed by atoms with Gasteiger partial charge in [-0.05, 0) is 0 Å². The molecule has 0 rings (SSSR count). The summed E-state index contributed by atoms with van der Waals surface area (Å²) >= 11 is 5.99. The molecule has 1 N–H and O–H groups in total. The molecule has 0 fully saturated rings. The van der Waals surface area contributed by atoms with Gasteiger partial charge in [-0.1, -0.05) is 31.9 Å². The zero-order valence-electron chi connectivity index (χ0n) is 4.33. The van der Waals surface area contributed by atoms with Gasteiger partial charge >= 0.3 is 6.23 Å². The van der Waals surface area contributed by atoms with Crippen molar-refractivity contribution in [2.75, 3.05) is 0 Å². The average Bonchev–Trinajstić information content (AvgIpc) is 1.63. The monoisotopic (exact) mass is 261 g/mol. The smallest absolute Gasteiger partial charge is 0.314 e. The molecule has 0 saturated heterocycles. The van der Waals surface area contributed by atoms with Gasteiger partial charge in [0, 0.05) is 0 Å². The van der Waals surface area contributed by atoms with E-state index in [1.54, 1.807) is 0 Å². The Morgan fingerprint density at radius 1 is 1.67 bits per heavy atom. The lowest BCUT2D eigenvalue weighted by Crippen LogP contribution is -2.20. The maximum Gasteiger partial charge on any atom is 0.314 e. The van der Waals surface area contributed by atoms with Gasteiger partial charge < -0.3 is 5.11 Å². The molecule has 0 aromatic heterocycles. The van der Waals surface area contributed by atoms with Crippen molar-refractivity contribution < 1.29 is 10.0 Å². The predicted molar refractivity (Wildman–Crippen MR) is 39.3 cm³/mol. The Kier molecular flexibility index (Phi) is 4.33. The summed E-state index contributed by atoms with van der Waals surface area (Å²) in [5, 5.41) is 18.3. The molecule has 1 unspecified atom stereocenters. The molecule has 0 bridgehead atoms. The summed E-state index contributed by atoms with van der Waals surface area (Å²) < 4.78 is -0.203. The van der Waals surface area contributed by atoms with Crippen molar-refractivity contribution in [1.82, 2.24) is 0 Å². The highest BCUT2D eigenvalue weighted by atomic mass is 79.9. The van der Waals surface area contributed by atoms with Crippen LogP contribution in [0.4, 0.5) is 0 Å². The van der Waals surface area contributed by atoms with Crippen molar-refractivity contribution in [3.05, 3.63) is 10.1 Å². The number of aliphatic hydroxyl groups excluding tert-OH is 1. The van der Waals surface area contributed by atoms with Gasteiger partial charge in [0.15, 0.2) is 0 Å². The number of halogens is 2. The number of alkyl halides is 2. The van der Waals surface area contributed by atoms with Gasteiger partial charge in [0.25, 0.3) is 0 Å². The van der Waals surface area contributed by atoms with Crippen molar-refractivity contribution in [2.24, 2.45) is 0 Å². The Labute approximate surface area is 68.7 Å². The second-order valence-electron chi connectivity index (χ2n) is 1.39. The van der Waals surface area contributed by atoms with Gasteiger partial charge in [-0.15, -0.1) is 0 Å². The van der Waals surface area contributed by atoms with Crippen LogP contribution in [0.1, 0.15) is 6.42 Å². The van der Waals surface area contributed by atoms with Crippen LogP contribution in [0.5, 0.6) is 0 Å². The largest absolute Gasteiger partial charge is 0.333 e. The lowest BCUT2D eigenvalue weighted by Gasteiger charge is -2.01. The van der Waals surface area contributed by atoms with Crippen molar-refractivity contribution in [3.8, 4) is 0 Å². The summed E-state index contributed by atoms with van der Waals surface area (Å²) in [6.45, 7) is 0. The van der Waals surface area contributed by atoms with Gasteiger partial charge in [0.1, 0.15) is 0 Å². The molecule has 1 atom stereocenters. The molecule has 9 heavy (non-hydrogen) atoms. The average molecular weight is 263 g/mol. The van der Waals surface area contributed by atoms with Crippen molar-refractivity contribution in [2.45, 2.75) is 16.4 Å². The van der Waals surface area contributed by atoms with Gasteiger partial charge in [0.2, 0.25) is 0 Å². The third-order valence-electron chi connectivity index (χ3n) is 0.632. The van der Waals surface area contributed by atoms with E-state index < -0.39 is 11.2 Å². The molecule has 4 nitrogen and oxygen atoms in total. The summed E-state index contributed by atoms with van der Waals surface area (Å²) in [5.41, 5.74) is 0. The maximum absolute atomic E-state index is 9.75. The number of rotatable bonds is 3. The maximum atomic E-state index is 9.75. The minimum atomic E-state index is -1.48. The van der Waals surface area contributed by atoms with Crippen molar-refractivity contribution in [1.29, 1.82) is 0 Å². The van der Waals surface area contributed by atoms with E-state index in [-0.39, 0.29) is 10.2 Å². The Bertz CT molecular complexity index is 107. The summed E-state index contributed by atoms with van der Waals surface area (Å²) in [6, 6.07) is 0. The first kappa shape index (κ1) is 9.32. The fourth-order valence-corrected chi connectivity index (χ4v) is 0.914. The fourth-order valence-electron chi connectivity index (χ4n) is 0.245. The van der Waals surface area contributed by atoms with E-state index in [1.807, 2.05) is 0 Å². The summed E-state index contributed by atoms with van der Waals surface area (Å²) in [6.07, 6.45) is -1.42. The molecule has 0 aliphatic rings. The molecule has 0 aliphatic carbocycles. The van der Waals surface area contributed by atoms with E-state index in [1.165, 1.54) is 0 Å². The molecule has 6 heteroatoms. The summed E-state index contributed by atoms with van der Waals surface area (Å²) in [7, 11) is 0. The minimum Gasteiger partial charge on any atom is -0.333 e. The number of hydrogen-bond acceptors (Lipinski definition) is 3. The van der Waals surface area contributed by atoms with E-state index in [4.69, 9.17) is 5.11 Å². The van der Waals surface area contributed by atoms with E-state index in [0.717, 1.165) is 0 Å². The standard InChI is InChI=1S/C3H5Br2NO3/c4-2(5)1-3(7)6(8)9/h2-3,7H,1H2. The molecule has 0 amide bonds. The lowest BCUT2D eigenvalue weighted by atomic mass is 10.4. The first-order valence-corrected chi connectivity index (χ1v) is 3.97. The van der Waals surface area contributed by atoms with Crippen LogP contribution in [0.15, 0.2) is 0 Å². The highest BCUT2D eigenvalue weighted by molar-refractivity contribution is 9.24. The molecule has 54 valence electrons. The van der Waals surface area contributed by atoms with Gasteiger partial charge in [-0.2, -0.15) is 0 Å². The summed E-state index contributed by atoms with van der Waals surface area (Å²) in [4.78, 5) is 9.01. The van der Waals surface area contributed by atoms with E-state index >= 15 is 0 Å². The lowest BCUT2D eigenvalue weighted by molar-refractivity contribution is -0.570. The zero-order chi connectivity index (χ0) is 7.44. The molecule has 0 aromatic carbocycles. The van der Waals surface area contributed by atoms with Gasteiger partial charge in [-0.3, -0.25) is 10.1 Å².